The van der Waals surface area contributed by atoms with Gasteiger partial charge in [-0.15, -0.1) is 0 Å². The molecule has 1 saturated heterocycles. The van der Waals surface area contributed by atoms with E-state index in [-0.39, 0.29) is 12.5 Å². The predicted octanol–water partition coefficient (Wildman–Crippen LogP) is 3.51. The minimum atomic E-state index is -0.605. The number of carbonyl (C=O) groups is 3. The van der Waals surface area contributed by atoms with Gasteiger partial charge in [0.2, 0.25) is 5.91 Å². The number of aromatic nitrogens is 1. The average molecular weight is 434 g/mol. The van der Waals surface area contributed by atoms with Crippen LogP contribution in [0.5, 0.6) is 5.75 Å². The van der Waals surface area contributed by atoms with Gasteiger partial charge in [0.25, 0.3) is 11.7 Å². The molecule has 2 heterocycles. The van der Waals surface area contributed by atoms with E-state index in [1.807, 2.05) is 36.1 Å². The van der Waals surface area contributed by atoms with Gasteiger partial charge >= 0.3 is 0 Å². The number of likely N-dealkylation sites (tertiary alicyclic amines) is 1. The number of amides is 2. The molecule has 0 saturated carbocycles. The molecule has 3 aromatic rings. The molecule has 1 fully saturated rings. The fraction of sp³-hybridized carbons (Fsp3) is 0.320. The monoisotopic (exact) mass is 433 g/mol. The lowest BCUT2D eigenvalue weighted by atomic mass is 10.1. The molecule has 2 amide bonds. The second-order valence-corrected chi connectivity index (χ2v) is 7.85. The minimum Gasteiger partial charge on any atom is -0.497 e. The van der Waals surface area contributed by atoms with Crippen LogP contribution in [0, 0.1) is 0 Å². The molecule has 4 rings (SSSR count). The van der Waals surface area contributed by atoms with E-state index in [1.165, 1.54) is 4.90 Å². The van der Waals surface area contributed by atoms with Gasteiger partial charge in [-0.05, 0) is 50.1 Å². The van der Waals surface area contributed by atoms with Crippen LogP contribution in [0.2, 0.25) is 0 Å². The molecule has 7 nitrogen and oxygen atoms in total. The lowest BCUT2D eigenvalue weighted by molar-refractivity contribution is -0.130. The molecule has 1 aliphatic rings. The van der Waals surface area contributed by atoms with Crippen LogP contribution in [0.15, 0.2) is 54.7 Å². The Balaban J connectivity index is 1.63. The van der Waals surface area contributed by atoms with Gasteiger partial charge in [-0.1, -0.05) is 18.2 Å². The number of hydrogen-bond donors (Lipinski definition) is 0. The normalized spacial score (nSPS) is 13.4. The van der Waals surface area contributed by atoms with E-state index in [0.717, 1.165) is 31.4 Å². The molecule has 166 valence electrons. The number of anilines is 1. The average Bonchev–Trinajstić information content (AvgIpc) is 3.48. The summed E-state index contributed by atoms with van der Waals surface area (Å²) in [4.78, 5) is 42.5. The van der Waals surface area contributed by atoms with Crippen molar-refractivity contribution < 1.29 is 19.1 Å². The Hall–Kier alpha value is -3.61. The number of carbonyl (C=O) groups excluding carboxylic acids is 3. The van der Waals surface area contributed by atoms with Gasteiger partial charge in [-0.3, -0.25) is 14.4 Å². The number of Topliss-reactive ketones (excluding diaryl/α,β-unsaturated/α-hetero) is 1. The van der Waals surface area contributed by atoms with Crippen LogP contribution < -0.4 is 9.64 Å². The van der Waals surface area contributed by atoms with E-state index in [9.17, 15) is 14.4 Å². The Kier molecular flexibility index (Phi) is 6.25. The number of hydrogen-bond acceptors (Lipinski definition) is 4. The lowest BCUT2D eigenvalue weighted by Crippen LogP contribution is -2.36. The summed E-state index contributed by atoms with van der Waals surface area (Å²) in [5.74, 6) is -0.492. The molecule has 7 heteroatoms. The number of benzene rings is 2. The van der Waals surface area contributed by atoms with Crippen LogP contribution in [0.25, 0.3) is 10.9 Å². The van der Waals surface area contributed by atoms with Crippen LogP contribution in [0.3, 0.4) is 0 Å². The van der Waals surface area contributed by atoms with Crippen molar-refractivity contribution >= 4 is 34.2 Å². The highest BCUT2D eigenvalue weighted by Gasteiger charge is 2.27. The first-order chi connectivity index (χ1) is 15.5. The maximum absolute atomic E-state index is 13.3. The zero-order valence-corrected chi connectivity index (χ0v) is 18.4. The fourth-order valence-corrected chi connectivity index (χ4v) is 4.21. The summed E-state index contributed by atoms with van der Waals surface area (Å²) < 4.78 is 6.95. The molecule has 1 aromatic heterocycles. The third-order valence-electron chi connectivity index (χ3n) is 5.94. The molecule has 0 N–H and O–H groups in total. The van der Waals surface area contributed by atoms with Gasteiger partial charge in [-0.2, -0.15) is 0 Å². The van der Waals surface area contributed by atoms with E-state index < -0.39 is 11.7 Å². The number of ketones is 1. The van der Waals surface area contributed by atoms with Gasteiger partial charge in [0.05, 0.1) is 12.7 Å². The van der Waals surface area contributed by atoms with Crippen molar-refractivity contribution in [1.82, 2.24) is 9.47 Å². The summed E-state index contributed by atoms with van der Waals surface area (Å²) in [6.07, 6.45) is 3.68. The molecule has 0 radical (unpaired) electrons. The third-order valence-corrected chi connectivity index (χ3v) is 5.94. The van der Waals surface area contributed by atoms with Crippen LogP contribution in [-0.2, 0) is 16.1 Å². The molecule has 1 aliphatic heterocycles. The summed E-state index contributed by atoms with van der Waals surface area (Å²) in [6, 6.07) is 14.4. The van der Waals surface area contributed by atoms with Gasteiger partial charge in [0, 0.05) is 42.4 Å². The number of ether oxygens (including phenoxy) is 1. The van der Waals surface area contributed by atoms with Crippen molar-refractivity contribution in [3.8, 4) is 5.75 Å². The van der Waals surface area contributed by atoms with Crippen molar-refractivity contribution in [2.75, 3.05) is 31.6 Å². The summed E-state index contributed by atoms with van der Waals surface area (Å²) in [5.41, 5.74) is 1.70. The van der Waals surface area contributed by atoms with Crippen LogP contribution in [0.4, 0.5) is 5.69 Å². The highest BCUT2D eigenvalue weighted by atomic mass is 16.5. The summed E-state index contributed by atoms with van der Waals surface area (Å²) >= 11 is 0. The van der Waals surface area contributed by atoms with Crippen molar-refractivity contribution in [2.45, 2.75) is 26.3 Å². The van der Waals surface area contributed by atoms with Gasteiger partial charge in [0.15, 0.2) is 0 Å². The number of rotatable bonds is 7. The maximum atomic E-state index is 13.3. The number of methoxy groups -OCH3 is 1. The summed E-state index contributed by atoms with van der Waals surface area (Å²) in [7, 11) is 1.57. The number of fused-ring (bicyclic) bond motifs is 1. The van der Waals surface area contributed by atoms with E-state index in [2.05, 4.69) is 0 Å². The Morgan fingerprint density at radius 3 is 2.34 bits per heavy atom. The maximum Gasteiger partial charge on any atom is 0.299 e. The first kappa shape index (κ1) is 21.6. The standard InChI is InChI=1S/C25H27N3O4/c1-3-28(18-10-12-19(32-2)13-11-18)25(31)24(30)21-16-27(22-9-5-4-8-20(21)22)17-23(29)26-14-6-7-15-26/h4-5,8-13,16H,3,6-7,14-15,17H2,1-2H3. The second-order valence-electron chi connectivity index (χ2n) is 7.85. The zero-order chi connectivity index (χ0) is 22.7. The number of likely N-dealkylation sites (N-methyl/N-ethyl adjacent to an activating group) is 1. The van der Waals surface area contributed by atoms with Crippen LogP contribution in [0.1, 0.15) is 30.1 Å². The van der Waals surface area contributed by atoms with E-state index in [4.69, 9.17) is 4.74 Å². The van der Waals surface area contributed by atoms with E-state index in [0.29, 0.717) is 28.9 Å². The molecule has 0 aliphatic carbocycles. The molecule has 0 unspecified atom stereocenters. The Bertz CT molecular complexity index is 1140. The predicted molar refractivity (Wildman–Crippen MR) is 123 cm³/mol. The molecule has 0 atom stereocenters. The van der Waals surface area contributed by atoms with Crippen LogP contribution in [-0.4, -0.2) is 53.8 Å². The second kappa shape index (κ2) is 9.26. The minimum absolute atomic E-state index is 0.0296. The fourth-order valence-electron chi connectivity index (χ4n) is 4.21. The summed E-state index contributed by atoms with van der Waals surface area (Å²) in [6.45, 7) is 3.87. The highest BCUT2D eigenvalue weighted by Crippen LogP contribution is 2.25. The van der Waals surface area contributed by atoms with Crippen molar-refractivity contribution in [1.29, 1.82) is 0 Å². The van der Waals surface area contributed by atoms with E-state index in [1.54, 1.807) is 42.1 Å². The van der Waals surface area contributed by atoms with E-state index >= 15 is 0 Å². The quantitative estimate of drug-likeness (QED) is 0.422. The van der Waals surface area contributed by atoms with Crippen molar-refractivity contribution in [2.24, 2.45) is 0 Å². The largest absolute Gasteiger partial charge is 0.497 e. The topological polar surface area (TPSA) is 71.9 Å². The van der Waals surface area contributed by atoms with Gasteiger partial charge < -0.3 is 19.1 Å². The van der Waals surface area contributed by atoms with Crippen LogP contribution >= 0.6 is 0 Å². The molecule has 2 aromatic carbocycles. The Morgan fingerprint density at radius 1 is 1.00 bits per heavy atom. The van der Waals surface area contributed by atoms with Crippen molar-refractivity contribution in [3.63, 3.8) is 0 Å². The Labute approximate surface area is 187 Å². The number of para-hydroxylation sites is 1. The van der Waals surface area contributed by atoms with Crippen molar-refractivity contribution in [3.05, 3.63) is 60.3 Å². The third kappa shape index (κ3) is 4.10. The summed E-state index contributed by atoms with van der Waals surface area (Å²) in [5, 5.41) is 0.672. The SMILES string of the molecule is CCN(C(=O)C(=O)c1cn(CC(=O)N2CCCC2)c2ccccc12)c1ccc(OC)cc1. The smallest absolute Gasteiger partial charge is 0.299 e. The first-order valence-electron chi connectivity index (χ1n) is 10.9. The van der Waals surface area contributed by atoms with Gasteiger partial charge in [-0.25, -0.2) is 0 Å². The number of nitrogens with zero attached hydrogens (tertiary/aromatic N) is 3. The highest BCUT2D eigenvalue weighted by molar-refractivity contribution is 6.48. The Morgan fingerprint density at radius 2 is 1.69 bits per heavy atom. The molecule has 0 bridgehead atoms. The zero-order valence-electron chi connectivity index (χ0n) is 18.4. The lowest BCUT2D eigenvalue weighted by Gasteiger charge is -2.20. The molecule has 32 heavy (non-hydrogen) atoms. The molecule has 0 spiro atoms. The molecular weight excluding hydrogens is 406 g/mol. The van der Waals surface area contributed by atoms with Gasteiger partial charge in [0.1, 0.15) is 12.3 Å². The molecular formula is C25H27N3O4. The first-order valence-corrected chi connectivity index (χ1v) is 10.9.